The average Bonchev–Trinajstić information content (AvgIpc) is 3.27. The van der Waals surface area contributed by atoms with Gasteiger partial charge in [-0.2, -0.15) is 0 Å². The molecule has 0 fully saturated rings. The van der Waals surface area contributed by atoms with Gasteiger partial charge < -0.3 is 34.4 Å². The van der Waals surface area contributed by atoms with Crippen LogP contribution in [0.25, 0.3) is 6.08 Å². The summed E-state index contributed by atoms with van der Waals surface area (Å²) >= 11 is 0. The predicted octanol–water partition coefficient (Wildman–Crippen LogP) is 9.61. The first-order chi connectivity index (χ1) is 29.5. The molecule has 0 aliphatic heterocycles. The van der Waals surface area contributed by atoms with E-state index in [1.165, 1.54) is 55.7 Å². The molecule has 0 aromatic heterocycles. The van der Waals surface area contributed by atoms with Crippen LogP contribution in [0.2, 0.25) is 0 Å². The Morgan fingerprint density at radius 1 is 0.656 bits per heavy atom. The fourth-order valence-corrected chi connectivity index (χ4v) is 6.03. The number of methoxy groups -OCH3 is 1. The molecule has 0 aliphatic carbocycles. The molecule has 0 spiro atoms. The summed E-state index contributed by atoms with van der Waals surface area (Å²) in [5.74, 6) is -3.39. The van der Waals surface area contributed by atoms with Gasteiger partial charge in [-0.05, 0) is 85.0 Å². The molecule has 0 amide bonds. The van der Waals surface area contributed by atoms with E-state index in [4.69, 9.17) is 18.9 Å². The topological polar surface area (TPSA) is 210 Å². The molecule has 61 heavy (non-hydrogen) atoms. The van der Waals surface area contributed by atoms with E-state index >= 15 is 0 Å². The van der Waals surface area contributed by atoms with Crippen molar-refractivity contribution in [2.45, 2.75) is 77.6 Å². The number of esters is 5. The molecule has 15 heteroatoms. The lowest BCUT2D eigenvalue weighted by molar-refractivity contribution is -0.384. The van der Waals surface area contributed by atoms with E-state index in [0.717, 1.165) is 75.5 Å². The number of non-ortho nitro benzene ring substituents is 1. The number of unbranched alkanes of at least 4 members (excludes halogenated alkanes) is 8. The highest BCUT2D eigenvalue weighted by Gasteiger charge is 2.21. The van der Waals surface area contributed by atoms with Crippen molar-refractivity contribution < 1.29 is 52.6 Å². The van der Waals surface area contributed by atoms with Crippen LogP contribution < -0.4 is 15.0 Å². The third-order valence-electron chi connectivity index (χ3n) is 9.31. The van der Waals surface area contributed by atoms with Crippen molar-refractivity contribution in [3.63, 3.8) is 0 Å². The largest absolute Gasteiger partial charge is 0.761 e. The highest BCUT2D eigenvalue weighted by atomic mass is 16.6. The van der Waals surface area contributed by atoms with Crippen LogP contribution >= 0.6 is 0 Å². The number of nitro benzene ring substituents is 1. The Morgan fingerprint density at radius 3 is 1.80 bits per heavy atom. The number of rotatable bonds is 24. The van der Waals surface area contributed by atoms with Crippen molar-refractivity contribution in [1.29, 1.82) is 0 Å². The molecule has 4 aromatic rings. The van der Waals surface area contributed by atoms with Crippen molar-refractivity contribution in [1.82, 2.24) is 0 Å². The number of hydrogen-bond donors (Lipinski definition) is 1. The zero-order valence-electron chi connectivity index (χ0n) is 34.2. The van der Waals surface area contributed by atoms with E-state index in [1.54, 1.807) is 29.7 Å². The van der Waals surface area contributed by atoms with Crippen molar-refractivity contribution in [2.75, 3.05) is 25.8 Å². The number of nitro groups is 1. The molecule has 4 aromatic carbocycles. The van der Waals surface area contributed by atoms with Gasteiger partial charge in [0.1, 0.15) is 17.1 Å². The van der Waals surface area contributed by atoms with Crippen LogP contribution in [0, 0.1) is 15.3 Å². The monoisotopic (exact) mass is 837 g/mol. The molecule has 0 unspecified atom stereocenters. The van der Waals surface area contributed by atoms with Gasteiger partial charge >= 0.3 is 29.8 Å². The van der Waals surface area contributed by atoms with Gasteiger partial charge in [0.15, 0.2) is 0 Å². The average molecular weight is 838 g/mol. The lowest BCUT2D eigenvalue weighted by Crippen LogP contribution is -2.14. The third-order valence-corrected chi connectivity index (χ3v) is 9.31. The van der Waals surface area contributed by atoms with Gasteiger partial charge in [-0.3, -0.25) is 10.1 Å². The molecular weight excluding hydrogens is 789 g/mol. The van der Waals surface area contributed by atoms with Crippen LogP contribution in [0.5, 0.6) is 11.5 Å². The summed E-state index contributed by atoms with van der Waals surface area (Å²) in [4.78, 5) is 73.5. The number of carbonyl (C=O) groups excluding carboxylic acids is 5. The maximum Gasteiger partial charge on any atom is 0.343 e. The van der Waals surface area contributed by atoms with E-state index in [-0.39, 0.29) is 52.8 Å². The zero-order chi connectivity index (χ0) is 44.0. The molecule has 0 bridgehead atoms. The highest BCUT2D eigenvalue weighted by Crippen LogP contribution is 2.28. The van der Waals surface area contributed by atoms with Crippen LogP contribution in [0.4, 0.5) is 11.4 Å². The van der Waals surface area contributed by atoms with Crippen molar-refractivity contribution in [3.05, 3.63) is 140 Å². The second-order valence-electron chi connectivity index (χ2n) is 13.9. The third kappa shape index (κ3) is 15.7. The fraction of sp³-hybridized carbons (Fsp3) is 0.326. The van der Waals surface area contributed by atoms with E-state index < -0.39 is 34.8 Å². The number of carbonyl (C=O) groups is 5. The van der Waals surface area contributed by atoms with Crippen molar-refractivity contribution in [3.8, 4) is 11.5 Å². The molecular formula is C46H49N2O13-. The highest BCUT2D eigenvalue weighted by molar-refractivity contribution is 5.97. The number of aryl methyl sites for hydroxylation is 1. The number of anilines is 1. The normalized spacial score (nSPS) is 10.8. The molecule has 0 saturated carbocycles. The first kappa shape index (κ1) is 46.8. The molecule has 15 nitrogen and oxygen atoms in total. The molecule has 322 valence electrons. The molecule has 0 aliphatic rings. The summed E-state index contributed by atoms with van der Waals surface area (Å²) in [6.07, 6.45) is 12.3. The summed E-state index contributed by atoms with van der Waals surface area (Å²) in [6.45, 7) is 2.34. The molecule has 1 N–H and O–H groups in total. The van der Waals surface area contributed by atoms with Gasteiger partial charge in [-0.15, -0.1) is 0 Å². The summed E-state index contributed by atoms with van der Waals surface area (Å²) < 4.78 is 26.6. The molecule has 0 heterocycles. The summed E-state index contributed by atoms with van der Waals surface area (Å²) in [6, 6.07) is 20.7. The van der Waals surface area contributed by atoms with Crippen LogP contribution in [0.1, 0.15) is 124 Å². The van der Waals surface area contributed by atoms with Crippen LogP contribution in [-0.4, -0.2) is 55.1 Å². The summed E-state index contributed by atoms with van der Waals surface area (Å²) in [5.41, 5.74) is 3.17. The van der Waals surface area contributed by atoms with E-state index in [1.807, 2.05) is 12.1 Å². The minimum atomic E-state index is -0.749. The number of hydrogen-bond acceptors (Lipinski definition) is 14. The molecule has 0 atom stereocenters. The van der Waals surface area contributed by atoms with Crippen LogP contribution in [0.3, 0.4) is 0 Å². The Labute approximate surface area is 353 Å². The lowest BCUT2D eigenvalue weighted by Gasteiger charge is -2.13. The SMILES string of the molecule is CCCc1ccc(C(=O)Oc2ccc(OC(=O)c3ccc(/C=C/C(=O)OC)cc3)cc2C(=O)OCCCCCCCCCCCOC(=O)c2cc(N[O-])cc([N+](=O)[O-])c2)cc1. The minimum absolute atomic E-state index is 0.0323. The van der Waals surface area contributed by atoms with E-state index in [2.05, 4.69) is 11.7 Å². The van der Waals surface area contributed by atoms with Gasteiger partial charge in [0, 0.05) is 23.9 Å². The minimum Gasteiger partial charge on any atom is -0.761 e. The predicted molar refractivity (Wildman–Crippen MR) is 226 cm³/mol. The van der Waals surface area contributed by atoms with Gasteiger partial charge in [0.05, 0.1) is 41.9 Å². The Bertz CT molecular complexity index is 2150. The Balaban J connectivity index is 1.22. The number of nitrogens with zero attached hydrogens (tertiary/aromatic N) is 1. The molecule has 4 rings (SSSR count). The Morgan fingerprint density at radius 2 is 1.23 bits per heavy atom. The maximum absolute atomic E-state index is 13.4. The van der Waals surface area contributed by atoms with Crippen molar-refractivity contribution >= 4 is 47.3 Å². The van der Waals surface area contributed by atoms with E-state index in [9.17, 15) is 39.3 Å². The number of nitrogens with one attached hydrogen (secondary N) is 1. The van der Waals surface area contributed by atoms with Gasteiger partial charge in [-0.25, -0.2) is 24.0 Å². The Hall–Kier alpha value is -6.87. The Kier molecular flexibility index (Phi) is 19.1. The van der Waals surface area contributed by atoms with Crippen molar-refractivity contribution in [2.24, 2.45) is 0 Å². The standard InChI is InChI=1S/C46H49N2O13/c1-3-13-32-14-19-35(20-15-32)45(52)61-41-24-23-39(60-44(51)34-21-16-33(17-22-34)18-25-42(49)57-2)31-40(41)46(53)59-27-12-10-8-6-4-5-7-9-11-26-58-43(50)36-28-37(47-54)30-38(29-36)48(55)56/h14-25,28-31,47H,3-13,26-27H2,1-2H3/q-1/b25-18+. The molecule has 0 saturated heterocycles. The lowest BCUT2D eigenvalue weighted by atomic mass is 10.1. The quantitative estimate of drug-likeness (QED) is 0.0133. The van der Waals surface area contributed by atoms with E-state index in [0.29, 0.717) is 24.0 Å². The smallest absolute Gasteiger partial charge is 0.343 e. The first-order valence-corrected chi connectivity index (χ1v) is 20.1. The van der Waals surface area contributed by atoms with Crippen LogP contribution in [-0.2, 0) is 25.4 Å². The zero-order valence-corrected chi connectivity index (χ0v) is 34.2. The summed E-state index contributed by atoms with van der Waals surface area (Å²) in [7, 11) is 1.27. The maximum atomic E-state index is 13.4. The number of benzene rings is 4. The second kappa shape index (κ2) is 24.9. The number of ether oxygens (including phenoxy) is 5. The van der Waals surface area contributed by atoms with Gasteiger partial charge in [-0.1, -0.05) is 82.6 Å². The first-order valence-electron chi connectivity index (χ1n) is 20.1. The molecule has 0 radical (unpaired) electrons. The summed E-state index contributed by atoms with van der Waals surface area (Å²) in [5, 5.41) is 22.0. The fourth-order valence-electron chi connectivity index (χ4n) is 6.03. The van der Waals surface area contributed by atoms with Crippen LogP contribution in [0.15, 0.2) is 91.0 Å². The van der Waals surface area contributed by atoms with Gasteiger partial charge in [0.25, 0.3) is 5.69 Å². The van der Waals surface area contributed by atoms with Gasteiger partial charge in [0.2, 0.25) is 0 Å². The second-order valence-corrected chi connectivity index (χ2v) is 13.9.